The van der Waals surface area contributed by atoms with E-state index in [2.05, 4.69) is 22.3 Å². The van der Waals surface area contributed by atoms with E-state index in [1.165, 1.54) is 28.6 Å². The van der Waals surface area contributed by atoms with Crippen LogP contribution in [0.1, 0.15) is 25.0 Å². The van der Waals surface area contributed by atoms with Gasteiger partial charge >= 0.3 is 0 Å². The fourth-order valence-corrected chi connectivity index (χ4v) is 8.17. The summed E-state index contributed by atoms with van der Waals surface area (Å²) in [5.74, 6) is 0.521. The van der Waals surface area contributed by atoms with Gasteiger partial charge in [0.05, 0.1) is 24.4 Å². The highest BCUT2D eigenvalue weighted by Gasteiger charge is 2.30. The topological polar surface area (TPSA) is 166 Å². The van der Waals surface area contributed by atoms with Crippen LogP contribution in [-0.2, 0) is 0 Å². The second-order valence-corrected chi connectivity index (χ2v) is 12.7. The van der Waals surface area contributed by atoms with Gasteiger partial charge in [0, 0.05) is 21.9 Å². The third-order valence-electron chi connectivity index (χ3n) is 7.98. The first-order chi connectivity index (χ1) is 24.6. The predicted molar refractivity (Wildman–Crippen MR) is 190 cm³/mol. The molecule has 0 amide bonds. The number of hydrogen-bond acceptors (Lipinski definition) is 13. The second kappa shape index (κ2) is 12.5. The van der Waals surface area contributed by atoms with Gasteiger partial charge in [-0.15, -0.1) is 32.9 Å². The van der Waals surface area contributed by atoms with Crippen molar-refractivity contribution in [2.45, 2.75) is 13.8 Å². The van der Waals surface area contributed by atoms with Gasteiger partial charge in [-0.05, 0) is 25.0 Å². The van der Waals surface area contributed by atoms with Crippen LogP contribution < -0.4 is 15.0 Å². The quantitative estimate of drug-likeness (QED) is 0.154. The maximum Gasteiger partial charge on any atom is 0.276 e. The van der Waals surface area contributed by atoms with E-state index in [0.717, 1.165) is 22.5 Å². The van der Waals surface area contributed by atoms with Crippen LogP contribution in [0.15, 0.2) is 82.6 Å². The minimum absolute atomic E-state index is 0.162. The number of nitriles is 2. The number of hydrogen-bond donors (Lipinski definition) is 0. The maximum absolute atomic E-state index is 14.8. The first-order valence-corrected chi connectivity index (χ1v) is 17.0. The van der Waals surface area contributed by atoms with Gasteiger partial charge in [-0.2, -0.15) is 10.5 Å². The molecule has 0 spiro atoms. The maximum atomic E-state index is 14.8. The van der Waals surface area contributed by atoms with Gasteiger partial charge in [0.2, 0.25) is 18.2 Å². The van der Waals surface area contributed by atoms with Crippen molar-refractivity contribution in [1.29, 1.82) is 10.5 Å². The van der Waals surface area contributed by atoms with E-state index in [1.54, 1.807) is 0 Å². The molecule has 0 aliphatic carbocycles. The number of fused-ring (bicyclic) bond motifs is 4. The van der Waals surface area contributed by atoms with Crippen molar-refractivity contribution < 1.29 is 13.9 Å². The molecule has 8 rings (SSSR count). The van der Waals surface area contributed by atoms with E-state index in [9.17, 15) is 15.3 Å². The number of benzene rings is 2. The van der Waals surface area contributed by atoms with Crippen molar-refractivity contribution in [3.63, 3.8) is 0 Å². The predicted octanol–water partition coefficient (Wildman–Crippen LogP) is 7.53. The molecule has 0 radical (unpaired) electrons. The normalized spacial score (nSPS) is 11.2. The highest BCUT2D eigenvalue weighted by Crippen LogP contribution is 2.47. The van der Waals surface area contributed by atoms with Gasteiger partial charge in [0.15, 0.2) is 0 Å². The summed E-state index contributed by atoms with van der Waals surface area (Å²) in [6, 6.07) is 23.4. The Bertz CT molecular complexity index is 2730. The molecule has 0 saturated heterocycles. The Kier molecular flexibility index (Phi) is 7.72. The molecule has 2 aromatic carbocycles. The third-order valence-corrected chi connectivity index (χ3v) is 10.1. The van der Waals surface area contributed by atoms with E-state index in [1.807, 2.05) is 74.5 Å². The van der Waals surface area contributed by atoms with Crippen molar-refractivity contribution in [3.05, 3.63) is 94.9 Å². The average Bonchev–Trinajstić information content (AvgIpc) is 3.90. The molecule has 0 aliphatic rings. The molecule has 6 heterocycles. The third kappa shape index (κ3) is 4.77. The Balaban J connectivity index is 1.51. The Morgan fingerprint density at radius 3 is 1.94 bits per heavy atom. The van der Waals surface area contributed by atoms with E-state index >= 15 is 0 Å². The molecule has 0 fully saturated rings. The first-order valence-electron chi connectivity index (χ1n) is 15.4. The fourth-order valence-electron chi connectivity index (χ4n) is 6.02. The molecule has 0 aliphatic heterocycles. The van der Waals surface area contributed by atoms with Crippen LogP contribution >= 0.6 is 22.7 Å². The second-order valence-electron chi connectivity index (χ2n) is 10.7. The van der Waals surface area contributed by atoms with Crippen molar-refractivity contribution in [2.75, 3.05) is 13.2 Å². The van der Waals surface area contributed by atoms with Crippen LogP contribution in [0.3, 0.4) is 0 Å². The number of pyridine rings is 2. The molecule has 242 valence electrons. The molecule has 8 aromatic rings. The van der Waals surface area contributed by atoms with Crippen LogP contribution in [0.5, 0.6) is 11.8 Å². The van der Waals surface area contributed by atoms with Gasteiger partial charge < -0.3 is 13.9 Å². The number of thiophene rings is 2. The zero-order valence-corrected chi connectivity index (χ0v) is 28.0. The van der Waals surface area contributed by atoms with Gasteiger partial charge in [0.1, 0.15) is 48.8 Å². The standard InChI is InChI=1S/C36H22N8O4S2/c1-3-46-31-21(15-37)23(19-11-7-5-8-12-19)25-27-29(49-34(25)41-31)36(45)44(17-39-27)28-26-24(20-13-9-6-10-14-20)22(16-38)32(47-4-2)42-35(26)50-30(28)33-43-40-18-48-33/h5-14,17-18H,3-4H2,1-2H3. The highest BCUT2D eigenvalue weighted by atomic mass is 32.1. The molecule has 0 atom stereocenters. The van der Waals surface area contributed by atoms with Gasteiger partial charge in [-0.1, -0.05) is 60.7 Å². The molecule has 0 N–H and O–H groups in total. The van der Waals surface area contributed by atoms with Crippen molar-refractivity contribution >= 4 is 53.3 Å². The fraction of sp³-hybridized carbons (Fsp3) is 0.111. The molecule has 0 unspecified atom stereocenters. The summed E-state index contributed by atoms with van der Waals surface area (Å²) in [5.41, 5.74) is 3.45. The molecule has 6 aromatic heterocycles. The Labute approximate surface area is 291 Å². The van der Waals surface area contributed by atoms with Gasteiger partial charge in [0.25, 0.3) is 11.4 Å². The summed E-state index contributed by atoms with van der Waals surface area (Å²) in [4.78, 5) is 30.5. The van der Waals surface area contributed by atoms with E-state index in [4.69, 9.17) is 28.8 Å². The summed E-state index contributed by atoms with van der Waals surface area (Å²) in [7, 11) is 0. The lowest BCUT2D eigenvalue weighted by molar-refractivity contribution is 0.327. The molecular weight excluding hydrogens is 673 g/mol. The Morgan fingerprint density at radius 2 is 1.40 bits per heavy atom. The van der Waals surface area contributed by atoms with Crippen molar-refractivity contribution in [3.8, 4) is 62.6 Å². The summed E-state index contributed by atoms with van der Waals surface area (Å²) in [6.45, 7) is 4.23. The van der Waals surface area contributed by atoms with Crippen LogP contribution in [0.4, 0.5) is 0 Å². The smallest absolute Gasteiger partial charge is 0.276 e. The molecular formula is C36H22N8O4S2. The zero-order chi connectivity index (χ0) is 34.4. The number of ether oxygens (including phenoxy) is 2. The van der Waals surface area contributed by atoms with E-state index < -0.39 is 5.56 Å². The van der Waals surface area contributed by atoms with Crippen LogP contribution in [0.2, 0.25) is 0 Å². The molecule has 0 saturated carbocycles. The van der Waals surface area contributed by atoms with Crippen LogP contribution in [0, 0.1) is 22.7 Å². The van der Waals surface area contributed by atoms with Crippen LogP contribution in [0.25, 0.3) is 69.4 Å². The number of aromatic nitrogens is 6. The Morgan fingerprint density at radius 1 is 0.820 bits per heavy atom. The largest absolute Gasteiger partial charge is 0.477 e. The van der Waals surface area contributed by atoms with Gasteiger partial charge in [-0.3, -0.25) is 9.36 Å². The number of nitrogens with zero attached hydrogens (tertiary/aromatic N) is 8. The number of rotatable bonds is 8. The minimum Gasteiger partial charge on any atom is -0.477 e. The molecule has 12 nitrogen and oxygen atoms in total. The monoisotopic (exact) mass is 694 g/mol. The summed E-state index contributed by atoms with van der Waals surface area (Å²) >= 11 is 2.39. The van der Waals surface area contributed by atoms with Crippen molar-refractivity contribution in [1.82, 2.24) is 29.7 Å². The molecule has 0 bridgehead atoms. The van der Waals surface area contributed by atoms with E-state index in [0.29, 0.717) is 65.6 Å². The lowest BCUT2D eigenvalue weighted by Crippen LogP contribution is -2.18. The molecule has 14 heteroatoms. The lowest BCUT2D eigenvalue weighted by atomic mass is 9.97. The lowest BCUT2D eigenvalue weighted by Gasteiger charge is -2.14. The zero-order valence-electron chi connectivity index (χ0n) is 26.4. The average molecular weight is 695 g/mol. The highest BCUT2D eigenvalue weighted by molar-refractivity contribution is 7.25. The van der Waals surface area contributed by atoms with Crippen molar-refractivity contribution in [2.24, 2.45) is 0 Å². The van der Waals surface area contributed by atoms with Gasteiger partial charge in [-0.25, -0.2) is 15.0 Å². The summed E-state index contributed by atoms with van der Waals surface area (Å²) in [5, 5.41) is 29.9. The first kappa shape index (κ1) is 30.8. The molecule has 50 heavy (non-hydrogen) atoms. The summed E-state index contributed by atoms with van der Waals surface area (Å²) in [6.07, 6.45) is 2.64. The van der Waals surface area contributed by atoms with Crippen LogP contribution in [-0.4, -0.2) is 42.9 Å². The summed E-state index contributed by atoms with van der Waals surface area (Å²) < 4.78 is 19.1. The Hall–Kier alpha value is -6.48. The van der Waals surface area contributed by atoms with E-state index in [-0.39, 0.29) is 28.8 Å². The SMILES string of the molecule is CCOc1nc2sc(-c3nnco3)c(-n3cnc4c(sc5nc(OCC)c(C#N)c(-c6ccccc6)c54)c3=O)c2c(-c2ccccc2)c1C#N. The minimum atomic E-state index is -0.402.